The van der Waals surface area contributed by atoms with Crippen LogP contribution in [0.1, 0.15) is 6.42 Å². The molecule has 1 atom stereocenters. The van der Waals surface area contributed by atoms with Gasteiger partial charge in [0.1, 0.15) is 0 Å². The van der Waals surface area contributed by atoms with Crippen LogP contribution in [0.15, 0.2) is 22.7 Å². The van der Waals surface area contributed by atoms with Gasteiger partial charge in [0.05, 0.1) is 5.69 Å². The van der Waals surface area contributed by atoms with Crippen LogP contribution in [-0.2, 0) is 4.79 Å². The van der Waals surface area contributed by atoms with Crippen molar-refractivity contribution in [3.8, 4) is 5.75 Å². The van der Waals surface area contributed by atoms with Crippen molar-refractivity contribution >= 4 is 39.1 Å². The number of halogens is 5. The van der Waals surface area contributed by atoms with E-state index in [0.717, 1.165) is 0 Å². The van der Waals surface area contributed by atoms with Crippen molar-refractivity contribution in [2.24, 2.45) is 5.92 Å². The average Bonchev–Trinajstić information content (AvgIpc) is 2.71. The smallest absolute Gasteiger partial charge is 0.404 e. The molecule has 1 heterocycles. The van der Waals surface area contributed by atoms with E-state index in [9.17, 15) is 18.0 Å². The second-order valence-electron chi connectivity index (χ2n) is 4.39. The monoisotopic (exact) mass is 371 g/mol. The molecule has 1 unspecified atom stereocenters. The molecule has 1 aliphatic rings. The minimum atomic E-state index is -4.81. The number of ether oxygens (including phenoxy) is 1. The fourth-order valence-corrected chi connectivity index (χ4v) is 2.59. The molecule has 0 spiro atoms. The lowest BCUT2D eigenvalue weighted by Gasteiger charge is -2.21. The van der Waals surface area contributed by atoms with Crippen molar-refractivity contribution in [2.75, 3.05) is 17.3 Å². The van der Waals surface area contributed by atoms with Crippen LogP contribution in [0.5, 0.6) is 5.75 Å². The van der Waals surface area contributed by atoms with E-state index < -0.39 is 12.1 Å². The number of nitrogens with zero attached hydrogens (tertiary/aromatic N) is 1. The van der Waals surface area contributed by atoms with Gasteiger partial charge in [-0.15, -0.1) is 24.8 Å². The molecule has 1 aromatic rings. The van der Waals surface area contributed by atoms with Crippen LogP contribution in [0.4, 0.5) is 18.9 Å². The summed E-state index contributed by atoms with van der Waals surface area (Å²) in [4.78, 5) is 13.2. The molecule has 1 aromatic carbocycles. The van der Waals surface area contributed by atoms with Gasteiger partial charge in [-0.3, -0.25) is 4.79 Å². The number of carbonyl (C=O) groups is 1. The maximum atomic E-state index is 12.4. The number of alkyl halides is 4. The third-order valence-electron chi connectivity index (χ3n) is 2.86. The Hall–Kier alpha value is -0.950. The molecule has 2 rings (SSSR count). The first-order chi connectivity index (χ1) is 9.30. The van der Waals surface area contributed by atoms with E-state index in [1.165, 1.54) is 23.1 Å². The fourth-order valence-electron chi connectivity index (χ4n) is 2.03. The Labute approximate surface area is 126 Å². The first-order valence-electron chi connectivity index (χ1n) is 5.72. The number of anilines is 1. The Kier molecular flexibility index (Phi) is 4.49. The number of hydrogen-bond acceptors (Lipinski definition) is 2. The van der Waals surface area contributed by atoms with E-state index in [2.05, 4.69) is 20.7 Å². The van der Waals surface area contributed by atoms with Gasteiger partial charge in [-0.05, 0) is 24.1 Å². The molecule has 1 amide bonds. The highest BCUT2D eigenvalue weighted by Gasteiger charge is 2.36. The Morgan fingerprint density at radius 3 is 2.70 bits per heavy atom. The van der Waals surface area contributed by atoms with Gasteiger partial charge in [0.2, 0.25) is 5.91 Å². The van der Waals surface area contributed by atoms with Gasteiger partial charge in [-0.25, -0.2) is 0 Å². The molecule has 1 fully saturated rings. The summed E-state index contributed by atoms with van der Waals surface area (Å²) in [6.07, 6.45) is -4.58. The van der Waals surface area contributed by atoms with Gasteiger partial charge in [-0.1, -0.05) is 15.9 Å². The molecule has 0 aliphatic carbocycles. The van der Waals surface area contributed by atoms with Crippen molar-refractivity contribution in [2.45, 2.75) is 12.8 Å². The molecular weight excluding hydrogens is 362 g/mol. The molecule has 8 heteroatoms. The van der Waals surface area contributed by atoms with Crippen molar-refractivity contribution in [3.63, 3.8) is 0 Å². The summed E-state index contributed by atoms with van der Waals surface area (Å²) >= 11 is 8.88. The maximum Gasteiger partial charge on any atom is 0.573 e. The Balaban J connectivity index is 2.35. The third kappa shape index (κ3) is 3.58. The summed E-state index contributed by atoms with van der Waals surface area (Å²) in [5, 5.41) is 0. The van der Waals surface area contributed by atoms with Crippen molar-refractivity contribution in [1.82, 2.24) is 0 Å². The van der Waals surface area contributed by atoms with Crippen LogP contribution in [-0.4, -0.2) is 24.7 Å². The molecular formula is C12H10BrClF3NO2. The Bertz CT molecular complexity index is 524. The van der Waals surface area contributed by atoms with Crippen LogP contribution in [0.25, 0.3) is 0 Å². The first kappa shape index (κ1) is 15.4. The summed E-state index contributed by atoms with van der Waals surface area (Å²) < 4.78 is 41.7. The SMILES string of the molecule is O=C1CC(CCl)CN1c1cc(Br)ccc1OC(F)(F)F. The van der Waals surface area contributed by atoms with Gasteiger partial charge in [0.25, 0.3) is 0 Å². The van der Waals surface area contributed by atoms with Gasteiger partial charge in [0, 0.05) is 23.3 Å². The van der Waals surface area contributed by atoms with E-state index in [1.54, 1.807) is 0 Å². The van der Waals surface area contributed by atoms with Crippen LogP contribution in [0.3, 0.4) is 0 Å². The number of rotatable bonds is 3. The number of hydrogen-bond donors (Lipinski definition) is 0. The summed E-state index contributed by atoms with van der Waals surface area (Å²) in [6, 6.07) is 4.02. The predicted molar refractivity (Wildman–Crippen MR) is 72.0 cm³/mol. The quantitative estimate of drug-likeness (QED) is 0.752. The lowest BCUT2D eigenvalue weighted by Crippen LogP contribution is -2.27. The first-order valence-corrected chi connectivity index (χ1v) is 7.04. The lowest BCUT2D eigenvalue weighted by molar-refractivity contribution is -0.274. The van der Waals surface area contributed by atoms with E-state index in [0.29, 0.717) is 4.47 Å². The summed E-state index contributed by atoms with van der Waals surface area (Å²) in [6.45, 7) is 0.285. The highest BCUT2D eigenvalue weighted by molar-refractivity contribution is 9.10. The van der Waals surface area contributed by atoms with Gasteiger partial charge in [-0.2, -0.15) is 0 Å². The second kappa shape index (κ2) is 5.81. The number of benzene rings is 1. The van der Waals surface area contributed by atoms with Crippen molar-refractivity contribution in [1.29, 1.82) is 0 Å². The predicted octanol–water partition coefficient (Wildman–Crippen LogP) is 3.94. The van der Waals surface area contributed by atoms with Gasteiger partial charge in [0.15, 0.2) is 5.75 Å². The third-order valence-corrected chi connectivity index (χ3v) is 3.79. The maximum absolute atomic E-state index is 12.4. The number of carbonyl (C=O) groups excluding carboxylic acids is 1. The van der Waals surface area contributed by atoms with Crippen LogP contribution in [0, 0.1) is 5.92 Å². The molecule has 0 saturated carbocycles. The minimum absolute atomic E-state index is 0.0677. The normalized spacial score (nSPS) is 19.6. The standard InChI is InChI=1S/C12H10BrClF3NO2/c13-8-1-2-10(20-12(15,16)17)9(4-8)18-6-7(5-14)3-11(18)19/h1-2,4,7H,3,5-6H2. The van der Waals surface area contributed by atoms with Crippen molar-refractivity contribution in [3.05, 3.63) is 22.7 Å². The lowest BCUT2D eigenvalue weighted by atomic mass is 10.1. The fraction of sp³-hybridized carbons (Fsp3) is 0.417. The van der Waals surface area contributed by atoms with Gasteiger partial charge >= 0.3 is 6.36 Å². The Morgan fingerprint density at radius 1 is 1.45 bits per heavy atom. The Morgan fingerprint density at radius 2 is 2.15 bits per heavy atom. The highest BCUT2D eigenvalue weighted by Crippen LogP contribution is 2.38. The molecule has 0 radical (unpaired) electrons. The van der Waals surface area contributed by atoms with E-state index in [1.807, 2.05) is 0 Å². The molecule has 0 N–H and O–H groups in total. The zero-order valence-electron chi connectivity index (χ0n) is 10.1. The molecule has 20 heavy (non-hydrogen) atoms. The molecule has 3 nitrogen and oxygen atoms in total. The minimum Gasteiger partial charge on any atom is -0.404 e. The molecule has 110 valence electrons. The summed E-state index contributed by atoms with van der Waals surface area (Å²) in [5.74, 6) is -0.446. The van der Waals surface area contributed by atoms with Gasteiger partial charge < -0.3 is 9.64 Å². The largest absolute Gasteiger partial charge is 0.573 e. The van der Waals surface area contributed by atoms with Crippen LogP contribution < -0.4 is 9.64 Å². The molecule has 0 aromatic heterocycles. The molecule has 1 aliphatic heterocycles. The average molecular weight is 373 g/mol. The molecule has 1 saturated heterocycles. The highest BCUT2D eigenvalue weighted by atomic mass is 79.9. The van der Waals surface area contributed by atoms with Crippen LogP contribution >= 0.6 is 27.5 Å². The summed E-state index contributed by atoms with van der Waals surface area (Å²) in [7, 11) is 0. The second-order valence-corrected chi connectivity index (χ2v) is 5.61. The zero-order valence-corrected chi connectivity index (χ0v) is 12.4. The van der Waals surface area contributed by atoms with Crippen molar-refractivity contribution < 1.29 is 22.7 Å². The molecule has 0 bridgehead atoms. The van der Waals surface area contributed by atoms with Crippen LogP contribution in [0.2, 0.25) is 0 Å². The van der Waals surface area contributed by atoms with E-state index >= 15 is 0 Å². The summed E-state index contributed by atoms with van der Waals surface area (Å²) in [5.41, 5.74) is 0.0920. The zero-order chi connectivity index (χ0) is 14.9. The number of amides is 1. The van der Waals surface area contributed by atoms with E-state index in [-0.39, 0.29) is 36.4 Å². The van der Waals surface area contributed by atoms with E-state index in [4.69, 9.17) is 11.6 Å². The topological polar surface area (TPSA) is 29.5 Å².